The molecule has 0 unspecified atom stereocenters. The number of ketones is 1. The molecule has 0 fully saturated rings. The molecular formula is C27H20ClNO5. The van der Waals surface area contributed by atoms with E-state index in [-0.39, 0.29) is 19.2 Å². The minimum Gasteiger partial charge on any atom is -0.489 e. The van der Waals surface area contributed by atoms with Gasteiger partial charge >= 0.3 is 0 Å². The zero-order chi connectivity index (χ0) is 23.2. The van der Waals surface area contributed by atoms with Gasteiger partial charge in [0.25, 0.3) is 0 Å². The Morgan fingerprint density at radius 1 is 1.15 bits per heavy atom. The molecule has 2 aliphatic rings. The van der Waals surface area contributed by atoms with Gasteiger partial charge in [0.05, 0.1) is 12.2 Å². The number of aryl methyl sites for hydroxylation is 1. The lowest BCUT2D eigenvalue weighted by Crippen LogP contribution is -2.14. The Balaban J connectivity index is 1.24. The molecule has 3 heterocycles. The lowest BCUT2D eigenvalue weighted by Gasteiger charge is -2.21. The molecule has 34 heavy (non-hydrogen) atoms. The predicted octanol–water partition coefficient (Wildman–Crippen LogP) is 5.89. The number of para-hydroxylation sites is 1. The summed E-state index contributed by atoms with van der Waals surface area (Å²) in [6.07, 6.45) is 3.79. The van der Waals surface area contributed by atoms with Gasteiger partial charge in [0, 0.05) is 51.9 Å². The lowest BCUT2D eigenvalue weighted by molar-refractivity contribution is -0.0175. The molecule has 6 rings (SSSR count). The highest BCUT2D eigenvalue weighted by atomic mass is 35.5. The molecule has 6 nitrogen and oxygen atoms in total. The summed E-state index contributed by atoms with van der Waals surface area (Å²) >= 11 is 6.24. The fraction of sp³-hybridized carbons (Fsp3) is 0.148. The second-order valence-corrected chi connectivity index (χ2v) is 8.70. The Bertz CT molecular complexity index is 1490. The van der Waals surface area contributed by atoms with Crippen LogP contribution in [0.1, 0.15) is 27.0 Å². The average molecular weight is 474 g/mol. The Morgan fingerprint density at radius 2 is 2.03 bits per heavy atom. The molecule has 0 N–H and O–H groups in total. The van der Waals surface area contributed by atoms with Crippen LogP contribution in [0.3, 0.4) is 0 Å². The third-order valence-corrected chi connectivity index (χ3v) is 6.22. The highest BCUT2D eigenvalue weighted by Gasteiger charge is 2.28. The fourth-order valence-electron chi connectivity index (χ4n) is 4.41. The number of Topliss-reactive ketones (excluding diaryl/α,β-unsaturated/α-hetero) is 1. The van der Waals surface area contributed by atoms with Gasteiger partial charge in [0.2, 0.25) is 5.78 Å². The van der Waals surface area contributed by atoms with Gasteiger partial charge in [-0.15, -0.1) is 0 Å². The molecule has 3 aromatic carbocycles. The van der Waals surface area contributed by atoms with Gasteiger partial charge in [-0.1, -0.05) is 29.8 Å². The van der Waals surface area contributed by atoms with Crippen LogP contribution in [-0.4, -0.2) is 17.1 Å². The first-order valence-electron chi connectivity index (χ1n) is 10.8. The van der Waals surface area contributed by atoms with Crippen molar-refractivity contribution in [2.75, 3.05) is 6.79 Å². The van der Waals surface area contributed by atoms with E-state index in [1.165, 1.54) is 0 Å². The van der Waals surface area contributed by atoms with E-state index in [2.05, 4.69) is 0 Å². The molecular weight excluding hydrogens is 454 g/mol. The number of hydrogen-bond donors (Lipinski definition) is 0. The zero-order valence-electron chi connectivity index (χ0n) is 18.3. The summed E-state index contributed by atoms with van der Waals surface area (Å²) in [4.78, 5) is 12.9. The van der Waals surface area contributed by atoms with E-state index in [9.17, 15) is 4.79 Å². The minimum absolute atomic E-state index is 0.146. The summed E-state index contributed by atoms with van der Waals surface area (Å²) < 4.78 is 25.0. The van der Waals surface area contributed by atoms with E-state index >= 15 is 0 Å². The Morgan fingerprint density at radius 3 is 2.94 bits per heavy atom. The molecule has 0 spiro atoms. The van der Waals surface area contributed by atoms with Gasteiger partial charge in [-0.3, -0.25) is 4.79 Å². The number of rotatable bonds is 4. The van der Waals surface area contributed by atoms with E-state index in [1.807, 2.05) is 54.2 Å². The number of aromatic nitrogens is 1. The molecule has 4 aromatic rings. The van der Waals surface area contributed by atoms with E-state index < -0.39 is 0 Å². The van der Waals surface area contributed by atoms with Gasteiger partial charge in [-0.2, -0.15) is 0 Å². The van der Waals surface area contributed by atoms with Crippen molar-refractivity contribution < 1.29 is 23.7 Å². The summed E-state index contributed by atoms with van der Waals surface area (Å²) in [7, 11) is 1.98. The number of carbonyl (C=O) groups is 1. The number of carbonyl (C=O) groups excluding carboxylic acids is 1. The SMILES string of the molecule is Cn1cc(/C=C2\Oc3cc(OCc4cc(Cl)cc5c4OCOC5)ccc3C2=O)c2ccccc21. The van der Waals surface area contributed by atoms with Crippen LogP contribution in [0.25, 0.3) is 17.0 Å². The molecule has 170 valence electrons. The van der Waals surface area contributed by atoms with Crippen molar-refractivity contribution >= 4 is 34.4 Å². The van der Waals surface area contributed by atoms with Gasteiger partial charge in [0.1, 0.15) is 23.9 Å². The molecule has 2 aliphatic heterocycles. The molecule has 0 aliphatic carbocycles. The van der Waals surface area contributed by atoms with Crippen molar-refractivity contribution in [3.63, 3.8) is 0 Å². The Labute approximate surface area is 200 Å². The predicted molar refractivity (Wildman–Crippen MR) is 128 cm³/mol. The van der Waals surface area contributed by atoms with Crippen LogP contribution in [0.5, 0.6) is 17.2 Å². The van der Waals surface area contributed by atoms with Gasteiger partial charge in [-0.05, 0) is 36.4 Å². The molecule has 0 saturated carbocycles. The van der Waals surface area contributed by atoms with Crippen molar-refractivity contribution in [2.24, 2.45) is 7.05 Å². The van der Waals surface area contributed by atoms with Crippen molar-refractivity contribution in [1.29, 1.82) is 0 Å². The zero-order valence-corrected chi connectivity index (χ0v) is 19.1. The third kappa shape index (κ3) is 3.61. The smallest absolute Gasteiger partial charge is 0.231 e. The molecule has 0 radical (unpaired) electrons. The number of nitrogens with zero attached hydrogens (tertiary/aromatic N) is 1. The Kier molecular flexibility index (Phi) is 5.05. The van der Waals surface area contributed by atoms with Crippen LogP contribution in [0, 0.1) is 0 Å². The normalized spacial score (nSPS) is 15.7. The molecule has 7 heteroatoms. The topological polar surface area (TPSA) is 58.9 Å². The second kappa shape index (κ2) is 8.24. The molecule has 0 amide bonds. The summed E-state index contributed by atoms with van der Waals surface area (Å²) in [6.45, 7) is 0.903. The maximum atomic E-state index is 12.9. The van der Waals surface area contributed by atoms with Crippen LogP contribution >= 0.6 is 11.6 Å². The monoisotopic (exact) mass is 473 g/mol. The van der Waals surface area contributed by atoms with Crippen LogP contribution in [0.15, 0.2) is 66.6 Å². The molecule has 0 atom stereocenters. The second-order valence-electron chi connectivity index (χ2n) is 8.26. The largest absolute Gasteiger partial charge is 0.489 e. The van der Waals surface area contributed by atoms with Crippen molar-refractivity contribution in [1.82, 2.24) is 4.57 Å². The first kappa shape index (κ1) is 20.8. The van der Waals surface area contributed by atoms with E-state index in [0.717, 1.165) is 33.3 Å². The Hall–Kier alpha value is -3.74. The minimum atomic E-state index is -0.146. The van der Waals surface area contributed by atoms with Crippen LogP contribution < -0.4 is 14.2 Å². The van der Waals surface area contributed by atoms with Crippen molar-refractivity contribution in [3.8, 4) is 17.2 Å². The highest BCUT2D eigenvalue weighted by molar-refractivity contribution is 6.30. The molecule has 0 saturated heterocycles. The standard InChI is InChI=1S/C27H20ClNO5/c1-29-12-16(21-4-2-3-5-23(21)29)10-25-26(30)22-7-6-20(11-24(22)34-25)32-14-18-9-19(28)8-17-13-31-15-33-27(17)18/h2-12H,13-15H2,1H3/b25-10-. The quantitative estimate of drug-likeness (QED) is 0.346. The maximum absolute atomic E-state index is 12.9. The number of fused-ring (bicyclic) bond motifs is 3. The van der Waals surface area contributed by atoms with E-state index in [4.69, 9.17) is 30.5 Å². The fourth-order valence-corrected chi connectivity index (χ4v) is 4.67. The highest BCUT2D eigenvalue weighted by Crippen LogP contribution is 2.37. The summed E-state index contributed by atoms with van der Waals surface area (Å²) in [5, 5.41) is 1.66. The van der Waals surface area contributed by atoms with Crippen LogP contribution in [-0.2, 0) is 25.0 Å². The number of hydrogen-bond acceptors (Lipinski definition) is 5. The average Bonchev–Trinajstić information content (AvgIpc) is 3.33. The third-order valence-electron chi connectivity index (χ3n) is 6.00. The number of allylic oxidation sites excluding steroid dienone is 1. The van der Waals surface area contributed by atoms with Crippen molar-refractivity contribution in [2.45, 2.75) is 13.2 Å². The van der Waals surface area contributed by atoms with Gasteiger partial charge in [0.15, 0.2) is 12.6 Å². The van der Waals surface area contributed by atoms with Gasteiger partial charge < -0.3 is 23.5 Å². The summed E-state index contributed by atoms with van der Waals surface area (Å²) in [5.41, 5.74) is 4.26. The van der Waals surface area contributed by atoms with Gasteiger partial charge in [-0.25, -0.2) is 0 Å². The first-order valence-corrected chi connectivity index (χ1v) is 11.2. The van der Waals surface area contributed by atoms with Crippen molar-refractivity contribution in [3.05, 3.63) is 93.8 Å². The number of halogens is 1. The van der Waals surface area contributed by atoms with Crippen LogP contribution in [0.4, 0.5) is 0 Å². The van der Waals surface area contributed by atoms with Crippen LogP contribution in [0.2, 0.25) is 5.02 Å². The number of benzene rings is 3. The first-order chi connectivity index (χ1) is 16.6. The maximum Gasteiger partial charge on any atom is 0.231 e. The number of ether oxygens (including phenoxy) is 4. The molecule has 0 bridgehead atoms. The molecule has 1 aromatic heterocycles. The summed E-state index contributed by atoms with van der Waals surface area (Å²) in [6, 6.07) is 16.9. The lowest BCUT2D eigenvalue weighted by atomic mass is 10.1. The van der Waals surface area contributed by atoms with E-state index in [0.29, 0.717) is 34.5 Å². The van der Waals surface area contributed by atoms with E-state index in [1.54, 1.807) is 24.3 Å². The summed E-state index contributed by atoms with van der Waals surface area (Å²) in [5.74, 6) is 1.95.